The van der Waals surface area contributed by atoms with Gasteiger partial charge in [-0.15, -0.1) is 0 Å². The van der Waals surface area contributed by atoms with E-state index in [0.717, 1.165) is 5.56 Å². The minimum Gasteiger partial charge on any atom is -0.497 e. The Labute approximate surface area is 154 Å². The van der Waals surface area contributed by atoms with Crippen molar-refractivity contribution in [3.05, 3.63) is 70.3 Å². The number of carbonyl (C=O) groups excluding carboxylic acids is 1. The Kier molecular flexibility index (Phi) is 3.92. The molecule has 7 heteroatoms. The van der Waals surface area contributed by atoms with Crippen LogP contribution in [0.3, 0.4) is 0 Å². The molecule has 0 radical (unpaired) electrons. The molecular formula is C20H18N4O3. The number of hydrogen-bond acceptors (Lipinski definition) is 4. The maximum Gasteiger partial charge on any atom is 0.272 e. The second-order valence-electron chi connectivity index (χ2n) is 6.31. The topological polar surface area (TPSA) is 77.6 Å². The van der Waals surface area contributed by atoms with Gasteiger partial charge in [0.15, 0.2) is 0 Å². The number of nitrogens with one attached hydrogen (secondary N) is 1. The molecule has 136 valence electrons. The van der Waals surface area contributed by atoms with Crippen LogP contribution < -0.4 is 15.6 Å². The fourth-order valence-corrected chi connectivity index (χ4v) is 3.14. The normalized spacial score (nSPS) is 11.1. The molecule has 0 unspecified atom stereocenters. The van der Waals surface area contributed by atoms with Crippen LogP contribution in [0.4, 0.5) is 5.69 Å². The van der Waals surface area contributed by atoms with Crippen LogP contribution in [0.25, 0.3) is 16.7 Å². The molecule has 0 atom stereocenters. The molecule has 1 N–H and O–H groups in total. The Morgan fingerprint density at radius 1 is 1.15 bits per heavy atom. The lowest BCUT2D eigenvalue weighted by Gasteiger charge is -2.08. The number of methoxy groups -OCH3 is 1. The van der Waals surface area contributed by atoms with Gasteiger partial charge >= 0.3 is 0 Å². The van der Waals surface area contributed by atoms with Crippen molar-refractivity contribution in [2.75, 3.05) is 12.4 Å². The first-order valence-corrected chi connectivity index (χ1v) is 8.42. The summed E-state index contributed by atoms with van der Waals surface area (Å²) in [6.45, 7) is 1.90. The Morgan fingerprint density at radius 2 is 1.96 bits per heavy atom. The van der Waals surface area contributed by atoms with Crippen molar-refractivity contribution in [3.63, 3.8) is 0 Å². The number of aromatic nitrogens is 3. The Hall–Kier alpha value is -3.61. The Balaban J connectivity index is 1.82. The second-order valence-corrected chi connectivity index (χ2v) is 6.31. The standard InChI is InChI=1S/C20H18N4O3/c1-12-6-5-9-24-17(12)22-18-15(20(24)26)11-16(23(18)2)19(25)21-13-7-4-8-14(10-13)27-3/h4-11H,1-3H3,(H,21,25). The zero-order chi connectivity index (χ0) is 19.1. The number of amides is 1. The van der Waals surface area contributed by atoms with E-state index >= 15 is 0 Å². The first-order chi connectivity index (χ1) is 13.0. The fourth-order valence-electron chi connectivity index (χ4n) is 3.14. The number of aryl methyl sites for hydroxylation is 2. The smallest absolute Gasteiger partial charge is 0.272 e. The van der Waals surface area contributed by atoms with Crippen LogP contribution in [0.2, 0.25) is 0 Å². The van der Waals surface area contributed by atoms with Crippen molar-refractivity contribution in [3.8, 4) is 5.75 Å². The molecule has 0 spiro atoms. The molecule has 3 heterocycles. The summed E-state index contributed by atoms with van der Waals surface area (Å²) in [6.07, 6.45) is 1.68. The number of rotatable bonds is 3. The van der Waals surface area contributed by atoms with E-state index in [0.29, 0.717) is 33.8 Å². The van der Waals surface area contributed by atoms with E-state index in [2.05, 4.69) is 10.3 Å². The van der Waals surface area contributed by atoms with Crippen molar-refractivity contribution >= 4 is 28.3 Å². The highest BCUT2D eigenvalue weighted by molar-refractivity contribution is 6.06. The van der Waals surface area contributed by atoms with Gasteiger partial charge in [0.25, 0.3) is 11.5 Å². The maximum absolute atomic E-state index is 12.8. The van der Waals surface area contributed by atoms with Gasteiger partial charge in [0.05, 0.1) is 12.5 Å². The quantitative estimate of drug-likeness (QED) is 0.608. The minimum atomic E-state index is -0.325. The molecule has 0 aliphatic rings. The molecule has 7 nitrogen and oxygen atoms in total. The number of benzene rings is 1. The molecule has 0 aliphatic heterocycles. The van der Waals surface area contributed by atoms with Gasteiger partial charge in [-0.05, 0) is 36.8 Å². The van der Waals surface area contributed by atoms with E-state index < -0.39 is 0 Å². The number of anilines is 1. The van der Waals surface area contributed by atoms with Crippen molar-refractivity contribution in [1.82, 2.24) is 14.0 Å². The SMILES string of the molecule is COc1cccc(NC(=O)c2cc3c(=O)n4cccc(C)c4nc3n2C)c1. The van der Waals surface area contributed by atoms with E-state index in [9.17, 15) is 9.59 Å². The van der Waals surface area contributed by atoms with Crippen LogP contribution in [0, 0.1) is 6.92 Å². The summed E-state index contributed by atoms with van der Waals surface area (Å²) in [4.78, 5) is 30.2. The summed E-state index contributed by atoms with van der Waals surface area (Å²) in [5, 5.41) is 3.23. The number of pyridine rings is 1. The average molecular weight is 362 g/mol. The molecular weight excluding hydrogens is 344 g/mol. The van der Waals surface area contributed by atoms with Crippen LogP contribution in [-0.2, 0) is 7.05 Å². The molecule has 0 bridgehead atoms. The minimum absolute atomic E-state index is 0.199. The molecule has 0 fully saturated rings. The van der Waals surface area contributed by atoms with Crippen molar-refractivity contribution in [2.45, 2.75) is 6.92 Å². The largest absolute Gasteiger partial charge is 0.497 e. The molecule has 0 aliphatic carbocycles. The summed E-state index contributed by atoms with van der Waals surface area (Å²) in [5.41, 5.74) is 2.71. The van der Waals surface area contributed by atoms with Crippen LogP contribution >= 0.6 is 0 Å². The number of carbonyl (C=O) groups is 1. The number of nitrogens with zero attached hydrogens (tertiary/aromatic N) is 3. The zero-order valence-corrected chi connectivity index (χ0v) is 15.2. The van der Waals surface area contributed by atoms with Crippen molar-refractivity contribution in [2.24, 2.45) is 7.05 Å². The summed E-state index contributed by atoms with van der Waals surface area (Å²) in [5.74, 6) is 0.320. The van der Waals surface area contributed by atoms with Gasteiger partial charge in [-0.1, -0.05) is 12.1 Å². The zero-order valence-electron chi connectivity index (χ0n) is 15.2. The molecule has 4 aromatic rings. The van der Waals surface area contributed by atoms with Gasteiger partial charge in [0.1, 0.15) is 22.7 Å². The van der Waals surface area contributed by atoms with Gasteiger partial charge in [-0.25, -0.2) is 4.98 Å². The third kappa shape index (κ3) is 2.73. The second kappa shape index (κ2) is 6.28. The lowest BCUT2D eigenvalue weighted by atomic mass is 10.2. The van der Waals surface area contributed by atoms with E-state index in [4.69, 9.17) is 4.74 Å². The van der Waals surface area contributed by atoms with Gasteiger partial charge in [0, 0.05) is 25.0 Å². The molecule has 0 saturated carbocycles. The summed E-state index contributed by atoms with van der Waals surface area (Å²) in [6, 6.07) is 12.4. The molecule has 0 saturated heterocycles. The first-order valence-electron chi connectivity index (χ1n) is 8.42. The van der Waals surface area contributed by atoms with E-state index in [1.807, 2.05) is 13.0 Å². The summed E-state index contributed by atoms with van der Waals surface area (Å²) >= 11 is 0. The molecule has 4 rings (SSSR count). The maximum atomic E-state index is 12.8. The highest BCUT2D eigenvalue weighted by atomic mass is 16.5. The molecule has 3 aromatic heterocycles. The Morgan fingerprint density at radius 3 is 2.74 bits per heavy atom. The molecule has 27 heavy (non-hydrogen) atoms. The third-order valence-corrected chi connectivity index (χ3v) is 4.58. The summed E-state index contributed by atoms with van der Waals surface area (Å²) in [7, 11) is 3.29. The monoisotopic (exact) mass is 362 g/mol. The van der Waals surface area contributed by atoms with Crippen LogP contribution in [0.15, 0.2) is 53.5 Å². The number of fused-ring (bicyclic) bond motifs is 2. The summed E-state index contributed by atoms with van der Waals surface area (Å²) < 4.78 is 8.31. The van der Waals surface area contributed by atoms with Gasteiger partial charge in [0.2, 0.25) is 0 Å². The van der Waals surface area contributed by atoms with Gasteiger partial charge < -0.3 is 14.6 Å². The highest BCUT2D eigenvalue weighted by Gasteiger charge is 2.18. The van der Waals surface area contributed by atoms with Crippen molar-refractivity contribution < 1.29 is 9.53 Å². The predicted octanol–water partition coefficient (Wildman–Crippen LogP) is 2.76. The lowest BCUT2D eigenvalue weighted by Crippen LogP contribution is -2.16. The van der Waals surface area contributed by atoms with E-state index in [1.165, 1.54) is 4.40 Å². The van der Waals surface area contributed by atoms with Crippen LogP contribution in [0.1, 0.15) is 16.1 Å². The van der Waals surface area contributed by atoms with Gasteiger partial charge in [-0.2, -0.15) is 0 Å². The first kappa shape index (κ1) is 16.8. The van der Waals surface area contributed by atoms with E-state index in [-0.39, 0.29) is 11.5 Å². The average Bonchev–Trinajstić information content (AvgIpc) is 3.00. The fraction of sp³-hybridized carbons (Fsp3) is 0.150. The number of hydrogen-bond donors (Lipinski definition) is 1. The molecule has 1 amide bonds. The Bertz CT molecular complexity index is 1250. The highest BCUT2D eigenvalue weighted by Crippen LogP contribution is 2.20. The predicted molar refractivity (Wildman–Crippen MR) is 104 cm³/mol. The number of ether oxygens (including phenoxy) is 1. The van der Waals surface area contributed by atoms with Gasteiger partial charge in [-0.3, -0.25) is 14.0 Å². The van der Waals surface area contributed by atoms with Crippen LogP contribution in [-0.4, -0.2) is 27.0 Å². The van der Waals surface area contributed by atoms with E-state index in [1.54, 1.807) is 61.3 Å². The van der Waals surface area contributed by atoms with Crippen molar-refractivity contribution in [1.29, 1.82) is 0 Å². The van der Waals surface area contributed by atoms with Crippen LogP contribution in [0.5, 0.6) is 5.75 Å². The third-order valence-electron chi connectivity index (χ3n) is 4.58. The lowest BCUT2D eigenvalue weighted by molar-refractivity contribution is 0.101. The molecule has 1 aromatic carbocycles.